The summed E-state index contributed by atoms with van der Waals surface area (Å²) in [5.41, 5.74) is -0.174. The molecule has 3 unspecified atom stereocenters. The summed E-state index contributed by atoms with van der Waals surface area (Å²) < 4.78 is 49.4. The third-order valence-electron chi connectivity index (χ3n) is 11.6. The van der Waals surface area contributed by atoms with Gasteiger partial charge in [0.1, 0.15) is 28.6 Å². The van der Waals surface area contributed by atoms with Crippen molar-refractivity contribution >= 4 is 27.5 Å². The fourth-order valence-corrected chi connectivity index (χ4v) is 9.18. The molecule has 4 aromatic rings. The standard InChI is InChI=1S/C39H43F2N5O5.C2H6/c1-3-28-31(40)8-7-24-16-26(47)17-29(33(24)28)35-34(41)36-30(18-42-35)37(45-12-13-50-21-27(48)19-45)44-38(43-36)51-22-39-9-4-6-32(39)46(11-5-10-39)25-14-23(15-25)20-49-2;1-2/h1,7-8,16-18,23,25,27,32,47-48H,4-6,9-15,19-22H2,2H3;1-2H3. The number of aliphatic hydroxyl groups excluding tert-OH is 1. The Bertz CT molecular complexity index is 2000. The van der Waals surface area contributed by atoms with E-state index < -0.39 is 17.7 Å². The largest absolute Gasteiger partial charge is 0.508 e. The van der Waals surface area contributed by atoms with Crippen molar-refractivity contribution in [3.63, 3.8) is 0 Å². The molecule has 2 aliphatic heterocycles. The minimum atomic E-state index is -0.789. The number of hydrogen-bond donors (Lipinski definition) is 2. The first-order valence-corrected chi connectivity index (χ1v) is 18.9. The summed E-state index contributed by atoms with van der Waals surface area (Å²) >= 11 is 0. The predicted octanol–water partition coefficient (Wildman–Crippen LogP) is 6.47. The average molecular weight is 730 g/mol. The van der Waals surface area contributed by atoms with Gasteiger partial charge in [0.2, 0.25) is 0 Å². The number of phenols is 1. The Morgan fingerprint density at radius 2 is 1.92 bits per heavy atom. The molecule has 8 rings (SSSR count). The van der Waals surface area contributed by atoms with Gasteiger partial charge in [0.15, 0.2) is 5.82 Å². The number of methoxy groups -OCH3 is 1. The van der Waals surface area contributed by atoms with E-state index in [2.05, 4.69) is 20.8 Å². The van der Waals surface area contributed by atoms with Gasteiger partial charge in [-0.3, -0.25) is 9.88 Å². The number of ether oxygens (including phenoxy) is 3. The number of phenolic OH excluding ortho intramolecular Hbond substituents is 1. The lowest BCUT2D eigenvalue weighted by atomic mass is 9.71. The monoisotopic (exact) mass is 729 g/mol. The Morgan fingerprint density at radius 1 is 1.11 bits per heavy atom. The van der Waals surface area contributed by atoms with E-state index in [1.54, 1.807) is 7.11 Å². The highest BCUT2D eigenvalue weighted by Gasteiger charge is 2.51. The minimum Gasteiger partial charge on any atom is -0.508 e. The van der Waals surface area contributed by atoms with Crippen LogP contribution in [0.1, 0.15) is 64.4 Å². The van der Waals surface area contributed by atoms with Crippen molar-refractivity contribution in [2.45, 2.75) is 77.0 Å². The first kappa shape index (κ1) is 37.2. The van der Waals surface area contributed by atoms with Gasteiger partial charge in [-0.15, -0.1) is 6.42 Å². The Kier molecular flexibility index (Phi) is 11.0. The number of anilines is 1. The number of nitrogens with zero attached hydrogens (tertiary/aromatic N) is 5. The molecule has 0 spiro atoms. The molecule has 12 heteroatoms. The first-order chi connectivity index (χ1) is 25.8. The molecule has 4 fully saturated rings. The molecular formula is C41H49F2N5O5. The van der Waals surface area contributed by atoms with Crippen molar-refractivity contribution in [1.29, 1.82) is 0 Å². The number of likely N-dealkylation sites (tertiary alicyclic amines) is 1. The first-order valence-electron chi connectivity index (χ1n) is 18.9. The molecule has 3 atom stereocenters. The van der Waals surface area contributed by atoms with Crippen LogP contribution in [0.4, 0.5) is 14.6 Å². The SMILES string of the molecule is C#Cc1c(F)ccc2cc(O)cc(-c3ncc4c(N5CCOCC(O)C5)nc(OCC56CCCC5N(C5CC(COC)C5)CCC6)nc4c3F)c12.CC. The number of hydrogen-bond acceptors (Lipinski definition) is 10. The second kappa shape index (κ2) is 15.7. The number of β-amino-alcohol motifs (C(OH)–C–C–N with tert-alkyl or cyclic N) is 1. The van der Waals surface area contributed by atoms with Crippen LogP contribution < -0.4 is 9.64 Å². The van der Waals surface area contributed by atoms with E-state index >= 15 is 4.39 Å². The summed E-state index contributed by atoms with van der Waals surface area (Å²) in [5, 5.41) is 22.2. The van der Waals surface area contributed by atoms with Gasteiger partial charge in [0.25, 0.3) is 0 Å². The van der Waals surface area contributed by atoms with Crippen LogP contribution in [0.25, 0.3) is 32.9 Å². The van der Waals surface area contributed by atoms with E-state index in [0.717, 1.165) is 58.1 Å². The van der Waals surface area contributed by atoms with E-state index in [-0.39, 0.29) is 58.1 Å². The van der Waals surface area contributed by atoms with Gasteiger partial charge in [-0.2, -0.15) is 9.97 Å². The summed E-state index contributed by atoms with van der Waals surface area (Å²) in [6.45, 7) is 7.43. The molecule has 282 valence electrons. The van der Waals surface area contributed by atoms with E-state index in [4.69, 9.17) is 25.6 Å². The van der Waals surface area contributed by atoms with Crippen LogP contribution >= 0.6 is 0 Å². The molecule has 2 N–H and O–H groups in total. The number of terminal acetylenes is 1. The van der Waals surface area contributed by atoms with Gasteiger partial charge < -0.3 is 29.3 Å². The van der Waals surface area contributed by atoms with Crippen molar-refractivity contribution in [3.05, 3.63) is 47.7 Å². The zero-order valence-corrected chi connectivity index (χ0v) is 30.8. The number of halogens is 2. The molecular weight excluding hydrogens is 680 g/mol. The maximum absolute atomic E-state index is 17.0. The zero-order chi connectivity index (χ0) is 37.3. The second-order valence-corrected chi connectivity index (χ2v) is 14.7. The van der Waals surface area contributed by atoms with Crippen LogP contribution in [0.3, 0.4) is 0 Å². The highest BCUT2D eigenvalue weighted by Crippen LogP contribution is 2.51. The lowest BCUT2D eigenvalue weighted by Crippen LogP contribution is -2.58. The van der Waals surface area contributed by atoms with Crippen LogP contribution in [0.15, 0.2) is 30.5 Å². The Balaban J connectivity index is 0.00000214. The molecule has 0 bridgehead atoms. The summed E-state index contributed by atoms with van der Waals surface area (Å²) in [6.07, 6.45) is 14.1. The summed E-state index contributed by atoms with van der Waals surface area (Å²) in [4.78, 5) is 18.5. The molecule has 4 aliphatic rings. The number of benzene rings is 2. The number of piperidine rings is 1. The summed E-state index contributed by atoms with van der Waals surface area (Å²) in [7, 11) is 1.77. The maximum atomic E-state index is 17.0. The second-order valence-electron chi connectivity index (χ2n) is 14.7. The smallest absolute Gasteiger partial charge is 0.319 e. The van der Waals surface area contributed by atoms with E-state index in [0.29, 0.717) is 54.4 Å². The predicted molar refractivity (Wildman–Crippen MR) is 200 cm³/mol. The minimum absolute atomic E-state index is 0.0327. The van der Waals surface area contributed by atoms with E-state index in [1.165, 1.54) is 30.5 Å². The number of aromatic hydroxyl groups is 1. The van der Waals surface area contributed by atoms with Gasteiger partial charge in [-0.1, -0.05) is 32.3 Å². The van der Waals surface area contributed by atoms with E-state index in [1.807, 2.05) is 18.7 Å². The molecule has 2 saturated carbocycles. The number of aromatic nitrogens is 3. The van der Waals surface area contributed by atoms with Gasteiger partial charge in [0.05, 0.1) is 36.9 Å². The highest BCUT2D eigenvalue weighted by molar-refractivity contribution is 6.03. The number of fused-ring (bicyclic) bond motifs is 3. The molecule has 0 radical (unpaired) electrons. The topological polar surface area (TPSA) is 113 Å². The van der Waals surface area contributed by atoms with Crippen LogP contribution in [0.5, 0.6) is 11.8 Å². The van der Waals surface area contributed by atoms with Crippen molar-refractivity contribution in [2.24, 2.45) is 11.3 Å². The van der Waals surface area contributed by atoms with Crippen molar-refractivity contribution in [3.8, 4) is 35.4 Å². The summed E-state index contributed by atoms with van der Waals surface area (Å²) in [6, 6.07) is 6.47. The molecule has 53 heavy (non-hydrogen) atoms. The highest BCUT2D eigenvalue weighted by atomic mass is 19.1. The van der Waals surface area contributed by atoms with Gasteiger partial charge in [0, 0.05) is 61.5 Å². The zero-order valence-electron chi connectivity index (χ0n) is 30.8. The van der Waals surface area contributed by atoms with Crippen molar-refractivity contribution < 1.29 is 33.2 Å². The fourth-order valence-electron chi connectivity index (χ4n) is 9.18. The molecule has 10 nitrogen and oxygen atoms in total. The number of rotatable bonds is 8. The van der Waals surface area contributed by atoms with Crippen molar-refractivity contribution in [1.82, 2.24) is 19.9 Å². The Labute approximate surface area is 309 Å². The molecule has 2 aliphatic carbocycles. The lowest BCUT2D eigenvalue weighted by Gasteiger charge is -2.53. The molecule has 2 aromatic heterocycles. The normalized spacial score (nSPS) is 25.9. The average Bonchev–Trinajstić information content (AvgIpc) is 3.47. The third kappa shape index (κ3) is 7.00. The third-order valence-corrected chi connectivity index (χ3v) is 11.6. The molecule has 2 saturated heterocycles. The summed E-state index contributed by atoms with van der Waals surface area (Å²) in [5.74, 6) is 1.79. The Morgan fingerprint density at radius 3 is 2.72 bits per heavy atom. The van der Waals surface area contributed by atoms with Crippen LogP contribution in [0, 0.1) is 35.3 Å². The van der Waals surface area contributed by atoms with Gasteiger partial charge in [-0.05, 0) is 74.6 Å². The number of aliphatic hydroxyl groups is 1. The molecule has 4 heterocycles. The molecule has 0 amide bonds. The van der Waals surface area contributed by atoms with Crippen LogP contribution in [-0.2, 0) is 9.47 Å². The van der Waals surface area contributed by atoms with Gasteiger partial charge in [-0.25, -0.2) is 8.78 Å². The van der Waals surface area contributed by atoms with Crippen LogP contribution in [-0.4, -0.2) is 101 Å². The van der Waals surface area contributed by atoms with Crippen LogP contribution in [0.2, 0.25) is 0 Å². The Hall–Kier alpha value is -4.15. The quantitative estimate of drug-likeness (QED) is 0.196. The van der Waals surface area contributed by atoms with E-state index in [9.17, 15) is 14.6 Å². The maximum Gasteiger partial charge on any atom is 0.319 e. The van der Waals surface area contributed by atoms with Gasteiger partial charge >= 0.3 is 6.01 Å². The van der Waals surface area contributed by atoms with Crippen molar-refractivity contribution in [2.75, 3.05) is 58.1 Å². The lowest BCUT2D eigenvalue weighted by molar-refractivity contribution is -0.0622. The molecule has 2 aromatic carbocycles. The fraction of sp³-hybridized carbons (Fsp3) is 0.537. The number of pyridine rings is 1.